The summed E-state index contributed by atoms with van der Waals surface area (Å²) in [5, 5.41) is 12.4. The number of carbonyl (C=O) groups is 2. The molecule has 0 aliphatic heterocycles. The maximum Gasteiger partial charge on any atom is 0.341 e. The van der Waals surface area contributed by atoms with Crippen molar-refractivity contribution in [2.24, 2.45) is 0 Å². The third-order valence-electron chi connectivity index (χ3n) is 4.49. The van der Waals surface area contributed by atoms with Gasteiger partial charge < -0.3 is 10.1 Å². The van der Waals surface area contributed by atoms with Gasteiger partial charge >= 0.3 is 5.97 Å². The minimum atomic E-state index is -0.345. The van der Waals surface area contributed by atoms with E-state index in [0.717, 1.165) is 36.8 Å². The lowest BCUT2D eigenvalue weighted by Crippen LogP contribution is -2.17. The first-order valence-electron chi connectivity index (χ1n) is 9.30. The Balaban J connectivity index is 1.62. The number of fused-ring (bicyclic) bond motifs is 1. The van der Waals surface area contributed by atoms with Crippen LogP contribution in [0.2, 0.25) is 0 Å². The Labute approximate surface area is 173 Å². The molecule has 0 unspecified atom stereocenters. The summed E-state index contributed by atoms with van der Waals surface area (Å²) in [6.07, 6.45) is 3.99. The zero-order valence-corrected chi connectivity index (χ0v) is 17.4. The number of nitrogens with one attached hydrogen (secondary N) is 1. The molecule has 7 heteroatoms. The highest BCUT2D eigenvalue weighted by molar-refractivity contribution is 7.99. The smallest absolute Gasteiger partial charge is 0.341 e. The maximum atomic E-state index is 12.4. The number of nitriles is 1. The minimum Gasteiger partial charge on any atom is -0.462 e. The fraction of sp³-hybridized carbons (Fsp3) is 0.381. The second-order valence-electron chi connectivity index (χ2n) is 6.49. The summed E-state index contributed by atoms with van der Waals surface area (Å²) in [6, 6.07) is 9.44. The van der Waals surface area contributed by atoms with Crippen LogP contribution in [0.3, 0.4) is 0 Å². The number of benzene rings is 1. The number of carbonyl (C=O) groups excluding carboxylic acids is 2. The highest BCUT2D eigenvalue weighted by Gasteiger charge is 2.27. The van der Waals surface area contributed by atoms with Crippen molar-refractivity contribution in [3.8, 4) is 6.07 Å². The van der Waals surface area contributed by atoms with Gasteiger partial charge in [0.2, 0.25) is 5.91 Å². The summed E-state index contributed by atoms with van der Waals surface area (Å²) in [5.74, 6) is 0.514. The van der Waals surface area contributed by atoms with E-state index < -0.39 is 0 Å². The van der Waals surface area contributed by atoms with Crippen molar-refractivity contribution in [1.82, 2.24) is 0 Å². The van der Waals surface area contributed by atoms with Crippen LogP contribution in [0.25, 0.3) is 0 Å². The monoisotopic (exact) mass is 414 g/mol. The number of esters is 1. The molecule has 28 heavy (non-hydrogen) atoms. The molecule has 0 radical (unpaired) electrons. The molecular formula is C21H22N2O3S2. The van der Waals surface area contributed by atoms with E-state index in [1.807, 2.05) is 12.1 Å². The van der Waals surface area contributed by atoms with E-state index in [0.29, 0.717) is 34.2 Å². The minimum absolute atomic E-state index is 0.122. The Hall–Kier alpha value is -2.30. The molecule has 0 fully saturated rings. The van der Waals surface area contributed by atoms with E-state index in [-0.39, 0.29) is 11.9 Å². The molecule has 1 aliphatic rings. The highest BCUT2D eigenvalue weighted by Crippen LogP contribution is 2.38. The molecule has 0 bridgehead atoms. The lowest BCUT2D eigenvalue weighted by atomic mass is 9.95. The normalized spacial score (nSPS) is 12.7. The maximum absolute atomic E-state index is 12.4. The topological polar surface area (TPSA) is 79.2 Å². The van der Waals surface area contributed by atoms with Crippen molar-refractivity contribution in [3.05, 3.63) is 51.4 Å². The van der Waals surface area contributed by atoms with Gasteiger partial charge in [-0.1, -0.05) is 12.1 Å². The summed E-state index contributed by atoms with van der Waals surface area (Å²) in [7, 11) is 0. The largest absolute Gasteiger partial charge is 0.462 e. The molecule has 0 spiro atoms. The van der Waals surface area contributed by atoms with Crippen LogP contribution in [-0.2, 0) is 28.1 Å². The van der Waals surface area contributed by atoms with Gasteiger partial charge in [-0.2, -0.15) is 5.26 Å². The van der Waals surface area contributed by atoms with Crippen LogP contribution in [0.15, 0.2) is 24.3 Å². The lowest BCUT2D eigenvalue weighted by molar-refractivity contribution is -0.113. The first-order valence-corrected chi connectivity index (χ1v) is 11.3. The third-order valence-corrected chi connectivity index (χ3v) is 6.70. The van der Waals surface area contributed by atoms with Gasteiger partial charge in [0.1, 0.15) is 5.00 Å². The number of thiophene rings is 1. The summed E-state index contributed by atoms with van der Waals surface area (Å²) < 4.78 is 5.22. The first-order chi connectivity index (χ1) is 13.6. The Morgan fingerprint density at radius 2 is 2.00 bits per heavy atom. The third kappa shape index (κ3) is 4.94. The molecule has 0 saturated heterocycles. The van der Waals surface area contributed by atoms with Crippen LogP contribution >= 0.6 is 23.1 Å². The van der Waals surface area contributed by atoms with Gasteiger partial charge in [-0.3, -0.25) is 4.79 Å². The van der Waals surface area contributed by atoms with Crippen molar-refractivity contribution in [2.75, 3.05) is 17.7 Å². The van der Waals surface area contributed by atoms with Gasteiger partial charge in [-0.25, -0.2) is 4.79 Å². The SMILES string of the molecule is CCOC(=O)c1c(NC(=O)CSCc2ccc(C#N)cc2)sc2c1CCCC2. The molecule has 3 rings (SSSR count). The van der Waals surface area contributed by atoms with Gasteiger partial charge in [0.15, 0.2) is 0 Å². The number of amides is 1. The van der Waals surface area contributed by atoms with Gasteiger partial charge in [0.05, 0.1) is 29.6 Å². The number of aryl methyl sites for hydroxylation is 1. The number of rotatable bonds is 7. The zero-order chi connectivity index (χ0) is 19.9. The van der Waals surface area contributed by atoms with E-state index in [4.69, 9.17) is 10.00 Å². The molecule has 1 aromatic heterocycles. The number of nitrogens with zero attached hydrogens (tertiary/aromatic N) is 1. The van der Waals surface area contributed by atoms with E-state index in [1.165, 1.54) is 28.0 Å². The van der Waals surface area contributed by atoms with Crippen molar-refractivity contribution in [3.63, 3.8) is 0 Å². The van der Waals surface area contributed by atoms with E-state index in [9.17, 15) is 9.59 Å². The second-order valence-corrected chi connectivity index (χ2v) is 8.58. The Morgan fingerprint density at radius 1 is 1.25 bits per heavy atom. The van der Waals surface area contributed by atoms with Gasteiger partial charge in [0, 0.05) is 10.6 Å². The molecule has 1 amide bonds. The molecule has 0 atom stereocenters. The quantitative estimate of drug-likeness (QED) is 0.673. The summed E-state index contributed by atoms with van der Waals surface area (Å²) in [5.41, 5.74) is 3.29. The van der Waals surface area contributed by atoms with E-state index in [1.54, 1.807) is 19.1 Å². The molecule has 146 valence electrons. The average Bonchev–Trinajstić information content (AvgIpc) is 3.06. The molecule has 1 N–H and O–H groups in total. The first kappa shape index (κ1) is 20.4. The molecule has 2 aromatic rings. The van der Waals surface area contributed by atoms with Gasteiger partial charge in [-0.05, 0) is 55.9 Å². The van der Waals surface area contributed by atoms with Crippen LogP contribution < -0.4 is 5.32 Å². The summed E-state index contributed by atoms with van der Waals surface area (Å²) in [6.45, 7) is 2.10. The fourth-order valence-electron chi connectivity index (χ4n) is 3.17. The predicted molar refractivity (Wildman–Crippen MR) is 113 cm³/mol. The average molecular weight is 415 g/mol. The predicted octanol–water partition coefficient (Wildman–Crippen LogP) is 4.55. The summed E-state index contributed by atoms with van der Waals surface area (Å²) in [4.78, 5) is 26.1. The van der Waals surface area contributed by atoms with E-state index >= 15 is 0 Å². The Kier molecular flexibility index (Phi) is 7.12. The Bertz CT molecular complexity index is 898. The molecular weight excluding hydrogens is 392 g/mol. The van der Waals surface area contributed by atoms with Crippen LogP contribution in [0, 0.1) is 11.3 Å². The van der Waals surface area contributed by atoms with Crippen LogP contribution in [-0.4, -0.2) is 24.2 Å². The second kappa shape index (κ2) is 9.76. The highest BCUT2D eigenvalue weighted by atomic mass is 32.2. The number of thioether (sulfide) groups is 1. The summed E-state index contributed by atoms with van der Waals surface area (Å²) >= 11 is 3.01. The van der Waals surface area contributed by atoms with Crippen LogP contribution in [0.4, 0.5) is 5.00 Å². The molecule has 0 saturated carbocycles. The van der Waals surface area contributed by atoms with Crippen molar-refractivity contribution in [2.45, 2.75) is 38.4 Å². The zero-order valence-electron chi connectivity index (χ0n) is 15.7. The van der Waals surface area contributed by atoms with Crippen LogP contribution in [0.1, 0.15) is 51.7 Å². The van der Waals surface area contributed by atoms with Crippen LogP contribution in [0.5, 0.6) is 0 Å². The number of hydrogen-bond donors (Lipinski definition) is 1. The standard InChI is InChI=1S/C21H22N2O3S2/c1-2-26-21(25)19-16-5-3-4-6-17(16)28-20(19)23-18(24)13-27-12-15-9-7-14(11-22)8-10-15/h7-10H,2-6,12-13H2,1H3,(H,23,24). The van der Waals surface area contributed by atoms with Gasteiger partial charge in [0.25, 0.3) is 0 Å². The van der Waals surface area contributed by atoms with Crippen molar-refractivity contribution >= 4 is 40.0 Å². The number of anilines is 1. The van der Waals surface area contributed by atoms with E-state index in [2.05, 4.69) is 11.4 Å². The number of hydrogen-bond acceptors (Lipinski definition) is 6. The van der Waals surface area contributed by atoms with Crippen molar-refractivity contribution < 1.29 is 14.3 Å². The van der Waals surface area contributed by atoms with Gasteiger partial charge in [-0.15, -0.1) is 23.1 Å². The fourth-order valence-corrected chi connectivity index (χ4v) is 5.25. The molecule has 5 nitrogen and oxygen atoms in total. The number of ether oxygens (including phenoxy) is 1. The van der Waals surface area contributed by atoms with Crippen molar-refractivity contribution in [1.29, 1.82) is 5.26 Å². The Morgan fingerprint density at radius 3 is 2.71 bits per heavy atom. The molecule has 1 aliphatic carbocycles. The molecule has 1 heterocycles. The lowest BCUT2D eigenvalue weighted by Gasteiger charge is -2.12. The molecule has 1 aromatic carbocycles.